The van der Waals surface area contributed by atoms with Gasteiger partial charge in [-0.1, -0.05) is 12.1 Å². The monoisotopic (exact) mass is 396 g/mol. The zero-order valence-electron chi connectivity index (χ0n) is 16.1. The van der Waals surface area contributed by atoms with Gasteiger partial charge < -0.3 is 15.2 Å². The van der Waals surface area contributed by atoms with Crippen molar-refractivity contribution in [3.8, 4) is 11.3 Å². The van der Waals surface area contributed by atoms with E-state index in [9.17, 15) is 4.79 Å². The Morgan fingerprint density at radius 1 is 1.43 bits per heavy atom. The molecule has 2 aromatic heterocycles. The fourth-order valence-electron chi connectivity index (χ4n) is 3.53. The van der Waals surface area contributed by atoms with Crippen molar-refractivity contribution in [2.24, 2.45) is 7.05 Å². The van der Waals surface area contributed by atoms with Gasteiger partial charge in [-0.2, -0.15) is 0 Å². The first-order valence-electron chi connectivity index (χ1n) is 9.34. The van der Waals surface area contributed by atoms with Gasteiger partial charge in [0.15, 0.2) is 0 Å². The van der Waals surface area contributed by atoms with E-state index < -0.39 is 0 Å². The van der Waals surface area contributed by atoms with Gasteiger partial charge in [-0.05, 0) is 19.1 Å². The molecule has 7 nitrogen and oxygen atoms in total. The SMILES string of the molecule is Cc1nc(-c2cccc(NC(=O)CN3CCNCC3c3nccn3C)c2)cs1. The van der Waals surface area contributed by atoms with Crippen LogP contribution in [-0.4, -0.2) is 51.5 Å². The number of hydrogen-bond acceptors (Lipinski definition) is 6. The van der Waals surface area contributed by atoms with Gasteiger partial charge >= 0.3 is 0 Å². The quantitative estimate of drug-likeness (QED) is 0.693. The third kappa shape index (κ3) is 4.14. The lowest BCUT2D eigenvalue weighted by atomic mass is 10.1. The summed E-state index contributed by atoms with van der Waals surface area (Å²) in [6.07, 6.45) is 3.74. The van der Waals surface area contributed by atoms with E-state index in [1.807, 2.05) is 54.4 Å². The zero-order chi connectivity index (χ0) is 19.5. The van der Waals surface area contributed by atoms with Crippen molar-refractivity contribution in [3.05, 3.63) is 52.9 Å². The lowest BCUT2D eigenvalue weighted by molar-refractivity contribution is -0.118. The second-order valence-electron chi connectivity index (χ2n) is 6.97. The molecule has 3 aromatic rings. The van der Waals surface area contributed by atoms with E-state index in [0.717, 1.165) is 47.4 Å². The molecule has 1 atom stereocenters. The van der Waals surface area contributed by atoms with Crippen LogP contribution in [0.4, 0.5) is 5.69 Å². The molecule has 0 aliphatic carbocycles. The molecule has 1 unspecified atom stereocenters. The van der Waals surface area contributed by atoms with Crippen LogP contribution in [0, 0.1) is 6.92 Å². The van der Waals surface area contributed by atoms with Crippen LogP contribution in [0.25, 0.3) is 11.3 Å². The molecule has 8 heteroatoms. The van der Waals surface area contributed by atoms with Gasteiger partial charge in [-0.3, -0.25) is 9.69 Å². The molecule has 1 aliphatic heterocycles. The molecule has 28 heavy (non-hydrogen) atoms. The maximum absolute atomic E-state index is 12.7. The second kappa shape index (κ2) is 8.22. The highest BCUT2D eigenvalue weighted by atomic mass is 32.1. The average molecular weight is 397 g/mol. The highest BCUT2D eigenvalue weighted by molar-refractivity contribution is 7.09. The molecule has 1 saturated heterocycles. The van der Waals surface area contributed by atoms with Gasteiger partial charge in [0, 0.05) is 55.7 Å². The number of nitrogens with one attached hydrogen (secondary N) is 2. The largest absolute Gasteiger partial charge is 0.337 e. The first-order chi connectivity index (χ1) is 13.6. The molecular formula is C20H24N6OS. The number of piperazine rings is 1. The third-order valence-electron chi connectivity index (χ3n) is 4.92. The van der Waals surface area contributed by atoms with E-state index in [4.69, 9.17) is 0 Å². The molecule has 1 aliphatic rings. The van der Waals surface area contributed by atoms with Gasteiger partial charge in [0.25, 0.3) is 0 Å². The molecule has 4 rings (SSSR count). The molecule has 0 bridgehead atoms. The topological polar surface area (TPSA) is 75.1 Å². The van der Waals surface area contributed by atoms with Crippen LogP contribution in [0.2, 0.25) is 0 Å². The summed E-state index contributed by atoms with van der Waals surface area (Å²) in [6.45, 7) is 4.79. The summed E-state index contributed by atoms with van der Waals surface area (Å²) in [4.78, 5) is 23.9. The summed E-state index contributed by atoms with van der Waals surface area (Å²) >= 11 is 1.62. The van der Waals surface area contributed by atoms with E-state index in [0.29, 0.717) is 6.54 Å². The fourth-order valence-corrected chi connectivity index (χ4v) is 4.15. The first kappa shape index (κ1) is 18.8. The predicted molar refractivity (Wildman–Crippen MR) is 111 cm³/mol. The number of benzene rings is 1. The Bertz CT molecular complexity index is 965. The smallest absolute Gasteiger partial charge is 0.238 e. The highest BCUT2D eigenvalue weighted by Gasteiger charge is 2.28. The number of rotatable bonds is 5. The summed E-state index contributed by atoms with van der Waals surface area (Å²) < 4.78 is 2.02. The van der Waals surface area contributed by atoms with Crippen molar-refractivity contribution in [1.29, 1.82) is 0 Å². The normalized spacial score (nSPS) is 17.6. The Hall–Kier alpha value is -2.55. The number of nitrogens with zero attached hydrogens (tertiary/aromatic N) is 4. The molecule has 1 aromatic carbocycles. The van der Waals surface area contributed by atoms with E-state index in [1.165, 1.54) is 0 Å². The highest BCUT2D eigenvalue weighted by Crippen LogP contribution is 2.24. The first-order valence-corrected chi connectivity index (χ1v) is 10.2. The van der Waals surface area contributed by atoms with Crippen LogP contribution in [0.1, 0.15) is 16.9 Å². The Kier molecular flexibility index (Phi) is 5.52. The van der Waals surface area contributed by atoms with E-state index >= 15 is 0 Å². The van der Waals surface area contributed by atoms with Gasteiger partial charge in [0.2, 0.25) is 5.91 Å². The Morgan fingerprint density at radius 3 is 3.07 bits per heavy atom. The van der Waals surface area contributed by atoms with Crippen molar-refractivity contribution in [2.75, 3.05) is 31.5 Å². The fraction of sp³-hybridized carbons (Fsp3) is 0.350. The predicted octanol–water partition coefficient (Wildman–Crippen LogP) is 2.44. The van der Waals surface area contributed by atoms with Gasteiger partial charge in [-0.25, -0.2) is 9.97 Å². The summed E-state index contributed by atoms with van der Waals surface area (Å²) in [5.41, 5.74) is 2.74. The number of imidazole rings is 1. The van der Waals surface area contributed by atoms with Gasteiger partial charge in [-0.15, -0.1) is 11.3 Å². The van der Waals surface area contributed by atoms with Crippen molar-refractivity contribution in [1.82, 2.24) is 24.8 Å². The van der Waals surface area contributed by atoms with E-state index in [2.05, 4.69) is 25.5 Å². The summed E-state index contributed by atoms with van der Waals surface area (Å²) in [5, 5.41) is 9.50. The molecule has 1 fully saturated rings. The van der Waals surface area contributed by atoms with Crippen molar-refractivity contribution in [3.63, 3.8) is 0 Å². The molecule has 0 saturated carbocycles. The van der Waals surface area contributed by atoms with Crippen LogP contribution in [0.3, 0.4) is 0 Å². The number of hydrogen-bond donors (Lipinski definition) is 2. The van der Waals surface area contributed by atoms with E-state index in [1.54, 1.807) is 17.5 Å². The van der Waals surface area contributed by atoms with Gasteiger partial charge in [0.1, 0.15) is 5.82 Å². The standard InChI is InChI=1S/C20H24N6OS/c1-14-23-17(13-28-14)15-4-3-5-16(10-15)24-19(27)12-26-9-6-21-11-18(26)20-22-7-8-25(20)2/h3-5,7-8,10,13,18,21H,6,9,11-12H2,1-2H3,(H,24,27). The summed E-state index contributed by atoms with van der Waals surface area (Å²) in [7, 11) is 1.99. The number of thiazole rings is 1. The molecule has 1 amide bonds. The molecule has 2 N–H and O–H groups in total. The Balaban J connectivity index is 1.44. The summed E-state index contributed by atoms with van der Waals surface area (Å²) in [5.74, 6) is 0.952. The van der Waals surface area contributed by atoms with Gasteiger partial charge in [0.05, 0.1) is 23.3 Å². The third-order valence-corrected chi connectivity index (χ3v) is 5.69. The number of carbonyl (C=O) groups excluding carboxylic acids is 1. The Morgan fingerprint density at radius 2 is 2.32 bits per heavy atom. The number of aromatic nitrogens is 3. The molecule has 3 heterocycles. The van der Waals surface area contributed by atoms with Crippen LogP contribution in [0.15, 0.2) is 42.0 Å². The van der Waals surface area contributed by atoms with E-state index in [-0.39, 0.29) is 11.9 Å². The minimum Gasteiger partial charge on any atom is -0.337 e. The Labute approximate surface area is 168 Å². The molecule has 146 valence electrons. The lowest BCUT2D eigenvalue weighted by Gasteiger charge is -2.35. The minimum absolute atomic E-state index is 0.0206. The van der Waals surface area contributed by atoms with Crippen molar-refractivity contribution in [2.45, 2.75) is 13.0 Å². The van der Waals surface area contributed by atoms with Crippen LogP contribution in [-0.2, 0) is 11.8 Å². The summed E-state index contributed by atoms with van der Waals surface area (Å²) in [6, 6.07) is 7.93. The maximum atomic E-state index is 12.7. The lowest BCUT2D eigenvalue weighted by Crippen LogP contribution is -2.49. The zero-order valence-corrected chi connectivity index (χ0v) is 16.9. The molecular weight excluding hydrogens is 372 g/mol. The van der Waals surface area contributed by atoms with Crippen LogP contribution in [0.5, 0.6) is 0 Å². The number of aryl methyl sites for hydroxylation is 2. The van der Waals surface area contributed by atoms with Crippen LogP contribution < -0.4 is 10.6 Å². The second-order valence-corrected chi connectivity index (χ2v) is 8.03. The minimum atomic E-state index is -0.0206. The van der Waals surface area contributed by atoms with Crippen molar-refractivity contribution < 1.29 is 4.79 Å². The van der Waals surface area contributed by atoms with Crippen molar-refractivity contribution >= 4 is 22.9 Å². The molecule has 0 spiro atoms. The maximum Gasteiger partial charge on any atom is 0.238 e. The number of amides is 1. The number of anilines is 1. The van der Waals surface area contributed by atoms with Crippen LogP contribution >= 0.6 is 11.3 Å². The molecule has 0 radical (unpaired) electrons. The number of carbonyl (C=O) groups is 1. The average Bonchev–Trinajstić information content (AvgIpc) is 3.31.